The van der Waals surface area contributed by atoms with E-state index in [-0.39, 0.29) is 18.0 Å². The molecule has 4 unspecified atom stereocenters. The van der Waals surface area contributed by atoms with Crippen LogP contribution in [0.1, 0.15) is 24.8 Å². The molecule has 0 spiro atoms. The number of hydrogen-bond acceptors (Lipinski definition) is 3. The molecule has 21 heavy (non-hydrogen) atoms. The molecular formula is C15H20N2O4. The minimum absolute atomic E-state index is 0.219. The Balaban J connectivity index is 1.62. The molecule has 2 saturated carbocycles. The quantitative estimate of drug-likeness (QED) is 0.888. The number of carbonyl (C=O) groups is 2. The summed E-state index contributed by atoms with van der Waals surface area (Å²) < 4.78 is 4.98. The van der Waals surface area contributed by atoms with Crippen LogP contribution in [0.15, 0.2) is 23.0 Å². The van der Waals surface area contributed by atoms with Gasteiger partial charge in [-0.05, 0) is 37.2 Å². The molecule has 0 aromatic carbocycles. The van der Waals surface area contributed by atoms with Crippen molar-refractivity contribution in [3.8, 4) is 0 Å². The number of hydrogen-bond donors (Lipinski definition) is 2. The summed E-state index contributed by atoms with van der Waals surface area (Å²) in [6.07, 6.45) is 6.08. The van der Waals surface area contributed by atoms with Crippen molar-refractivity contribution in [3.63, 3.8) is 0 Å². The molecule has 2 bridgehead atoms. The van der Waals surface area contributed by atoms with Crippen molar-refractivity contribution >= 4 is 12.0 Å². The third-order valence-electron chi connectivity index (χ3n) is 4.84. The van der Waals surface area contributed by atoms with Crippen molar-refractivity contribution in [1.29, 1.82) is 0 Å². The molecule has 6 heteroatoms. The van der Waals surface area contributed by atoms with Crippen LogP contribution in [0.4, 0.5) is 4.79 Å². The average Bonchev–Trinajstić information content (AvgIpc) is 3.14. The molecule has 0 aliphatic heterocycles. The van der Waals surface area contributed by atoms with E-state index in [0.717, 1.165) is 24.8 Å². The van der Waals surface area contributed by atoms with Gasteiger partial charge in [0, 0.05) is 18.7 Å². The normalized spacial score (nSPS) is 30.3. The lowest BCUT2D eigenvalue weighted by Crippen LogP contribution is -2.50. The minimum atomic E-state index is -0.787. The predicted octanol–water partition coefficient (Wildman–Crippen LogP) is 1.92. The molecule has 2 aliphatic rings. The number of urea groups is 1. The van der Waals surface area contributed by atoms with E-state index >= 15 is 0 Å². The summed E-state index contributed by atoms with van der Waals surface area (Å²) >= 11 is 0. The lowest BCUT2D eigenvalue weighted by molar-refractivity contribution is -0.144. The Bertz CT molecular complexity index is 528. The molecule has 2 fully saturated rings. The topological polar surface area (TPSA) is 82.8 Å². The van der Waals surface area contributed by atoms with Gasteiger partial charge in [-0.25, -0.2) is 4.79 Å². The van der Waals surface area contributed by atoms with Gasteiger partial charge in [0.1, 0.15) is 0 Å². The Hall–Kier alpha value is -1.98. The molecule has 2 N–H and O–H groups in total. The first-order valence-corrected chi connectivity index (χ1v) is 7.31. The average molecular weight is 292 g/mol. The second-order valence-electron chi connectivity index (χ2n) is 6.16. The SMILES string of the molecule is CN(Cc1ccoc1)C(=O)NC1C2CCC(C2)C1C(=O)O. The van der Waals surface area contributed by atoms with E-state index in [1.165, 1.54) is 0 Å². The Morgan fingerprint density at radius 1 is 1.43 bits per heavy atom. The highest BCUT2D eigenvalue weighted by Gasteiger charge is 2.51. The van der Waals surface area contributed by atoms with Gasteiger partial charge in [0.2, 0.25) is 0 Å². The van der Waals surface area contributed by atoms with Gasteiger partial charge in [-0.2, -0.15) is 0 Å². The van der Waals surface area contributed by atoms with Crippen LogP contribution in [0.3, 0.4) is 0 Å². The summed E-state index contributed by atoms with van der Waals surface area (Å²) in [7, 11) is 1.70. The first-order chi connectivity index (χ1) is 10.1. The summed E-state index contributed by atoms with van der Waals surface area (Å²) in [4.78, 5) is 25.2. The summed E-state index contributed by atoms with van der Waals surface area (Å²) in [5.41, 5.74) is 0.912. The molecule has 114 valence electrons. The molecule has 1 aromatic rings. The summed E-state index contributed by atoms with van der Waals surface area (Å²) in [6, 6.07) is 1.35. The number of amides is 2. The van der Waals surface area contributed by atoms with Gasteiger partial charge >= 0.3 is 12.0 Å². The number of carbonyl (C=O) groups excluding carboxylic acids is 1. The Labute approximate surface area is 123 Å². The fourth-order valence-corrected chi connectivity index (χ4v) is 3.84. The van der Waals surface area contributed by atoms with E-state index in [4.69, 9.17) is 4.42 Å². The number of carboxylic acids is 1. The zero-order valence-corrected chi connectivity index (χ0v) is 12.0. The van der Waals surface area contributed by atoms with Crippen molar-refractivity contribution in [2.75, 3.05) is 7.05 Å². The van der Waals surface area contributed by atoms with Gasteiger partial charge in [0.25, 0.3) is 0 Å². The largest absolute Gasteiger partial charge is 0.481 e. The maximum atomic E-state index is 12.3. The molecule has 3 rings (SSSR count). The zero-order valence-electron chi connectivity index (χ0n) is 12.0. The summed E-state index contributed by atoms with van der Waals surface area (Å²) in [6.45, 7) is 0.445. The molecule has 2 aliphatic carbocycles. The second kappa shape index (κ2) is 5.42. The van der Waals surface area contributed by atoms with Crippen LogP contribution in [0.25, 0.3) is 0 Å². The van der Waals surface area contributed by atoms with Gasteiger partial charge in [-0.3, -0.25) is 4.79 Å². The third kappa shape index (κ3) is 2.62. The number of fused-ring (bicyclic) bond motifs is 2. The Kier molecular flexibility index (Phi) is 3.61. The monoisotopic (exact) mass is 292 g/mol. The van der Waals surface area contributed by atoms with Crippen LogP contribution >= 0.6 is 0 Å². The Morgan fingerprint density at radius 2 is 2.19 bits per heavy atom. The molecule has 4 atom stereocenters. The lowest BCUT2D eigenvalue weighted by Gasteiger charge is -2.30. The van der Waals surface area contributed by atoms with Crippen LogP contribution in [-0.2, 0) is 11.3 Å². The molecule has 0 radical (unpaired) electrons. The maximum absolute atomic E-state index is 12.3. The van der Waals surface area contributed by atoms with Crippen LogP contribution < -0.4 is 5.32 Å². The van der Waals surface area contributed by atoms with Crippen molar-refractivity contribution in [1.82, 2.24) is 10.2 Å². The highest BCUT2D eigenvalue weighted by Crippen LogP contribution is 2.48. The van der Waals surface area contributed by atoms with E-state index in [1.54, 1.807) is 30.5 Å². The minimum Gasteiger partial charge on any atom is -0.481 e. The highest BCUT2D eigenvalue weighted by atomic mass is 16.4. The third-order valence-corrected chi connectivity index (χ3v) is 4.84. The van der Waals surface area contributed by atoms with E-state index in [9.17, 15) is 14.7 Å². The first-order valence-electron chi connectivity index (χ1n) is 7.31. The van der Waals surface area contributed by atoms with E-state index in [1.807, 2.05) is 0 Å². The first kappa shape index (κ1) is 14.0. The molecule has 6 nitrogen and oxygen atoms in total. The number of carboxylic acid groups (broad SMARTS) is 1. The van der Waals surface area contributed by atoms with Crippen molar-refractivity contribution < 1.29 is 19.1 Å². The number of furan rings is 1. The number of aliphatic carboxylic acids is 1. The Morgan fingerprint density at radius 3 is 2.86 bits per heavy atom. The van der Waals surface area contributed by atoms with Gasteiger partial charge in [-0.1, -0.05) is 0 Å². The van der Waals surface area contributed by atoms with Crippen molar-refractivity contribution in [2.45, 2.75) is 31.8 Å². The van der Waals surface area contributed by atoms with Gasteiger partial charge < -0.3 is 19.7 Å². The van der Waals surface area contributed by atoms with E-state index in [2.05, 4.69) is 5.32 Å². The van der Waals surface area contributed by atoms with Crippen LogP contribution in [0, 0.1) is 17.8 Å². The van der Waals surface area contributed by atoms with Crippen molar-refractivity contribution in [3.05, 3.63) is 24.2 Å². The van der Waals surface area contributed by atoms with Crippen LogP contribution in [0.2, 0.25) is 0 Å². The number of nitrogens with zero attached hydrogens (tertiary/aromatic N) is 1. The van der Waals surface area contributed by atoms with Crippen LogP contribution in [-0.4, -0.2) is 35.1 Å². The zero-order chi connectivity index (χ0) is 15.0. The number of rotatable bonds is 4. The number of nitrogens with one attached hydrogen (secondary N) is 1. The van der Waals surface area contributed by atoms with E-state index < -0.39 is 11.9 Å². The summed E-state index contributed by atoms with van der Waals surface area (Å²) in [5, 5.41) is 12.3. The smallest absolute Gasteiger partial charge is 0.317 e. The van der Waals surface area contributed by atoms with Gasteiger partial charge in [-0.15, -0.1) is 0 Å². The lowest BCUT2D eigenvalue weighted by atomic mass is 9.84. The molecule has 0 saturated heterocycles. The molecule has 1 aromatic heterocycles. The second-order valence-corrected chi connectivity index (χ2v) is 6.16. The van der Waals surface area contributed by atoms with Gasteiger partial charge in [0.05, 0.1) is 25.0 Å². The fraction of sp³-hybridized carbons (Fsp3) is 0.600. The molecule has 1 heterocycles. The molecular weight excluding hydrogens is 272 g/mol. The predicted molar refractivity (Wildman–Crippen MR) is 74.5 cm³/mol. The fourth-order valence-electron chi connectivity index (χ4n) is 3.84. The van der Waals surface area contributed by atoms with Crippen molar-refractivity contribution in [2.24, 2.45) is 17.8 Å². The highest BCUT2D eigenvalue weighted by molar-refractivity contribution is 5.77. The summed E-state index contributed by atoms with van der Waals surface area (Å²) in [5.74, 6) is -0.695. The standard InChI is InChI=1S/C15H20N2O4/c1-17(7-9-4-5-21-8-9)15(20)16-13-11-3-2-10(6-11)12(13)14(18)19/h4-5,8,10-13H,2-3,6-7H2,1H3,(H,16,20)(H,18,19). The van der Waals surface area contributed by atoms with Crippen LogP contribution in [0.5, 0.6) is 0 Å². The van der Waals surface area contributed by atoms with Gasteiger partial charge in [0.15, 0.2) is 0 Å². The van der Waals surface area contributed by atoms with E-state index in [0.29, 0.717) is 12.5 Å². The maximum Gasteiger partial charge on any atom is 0.317 e. The molecule has 2 amide bonds.